The Kier molecular flexibility index (Phi) is 8.89. The van der Waals surface area contributed by atoms with Crippen LogP contribution in [0.5, 0.6) is 0 Å². The van der Waals surface area contributed by atoms with Gasteiger partial charge in [0.15, 0.2) is 34.9 Å². The molecular formula is C62H39N7. The van der Waals surface area contributed by atoms with E-state index in [0.717, 1.165) is 50.1 Å². The second-order valence-electron chi connectivity index (χ2n) is 17.8. The Hall–Kier alpha value is -9.20. The molecule has 0 N–H and O–H groups in total. The molecule has 0 radical (unpaired) electrons. The maximum absolute atomic E-state index is 5.30. The average molecular weight is 882 g/mol. The number of rotatable bonds is 7. The van der Waals surface area contributed by atoms with E-state index in [-0.39, 0.29) is 11.8 Å². The van der Waals surface area contributed by atoms with Crippen molar-refractivity contribution < 1.29 is 0 Å². The molecular weight excluding hydrogens is 843 g/mol. The van der Waals surface area contributed by atoms with Crippen LogP contribution in [0.25, 0.3) is 95.8 Å². The topological polar surface area (TPSA) is 82.3 Å². The molecule has 0 aliphatic heterocycles. The molecule has 0 amide bonds. The van der Waals surface area contributed by atoms with Crippen LogP contribution in [0, 0.1) is 0 Å². The molecule has 12 aromatic rings. The lowest BCUT2D eigenvalue weighted by atomic mass is 9.61. The lowest BCUT2D eigenvalue weighted by molar-refractivity contribution is 0.754. The van der Waals surface area contributed by atoms with Gasteiger partial charge in [0.05, 0.1) is 11.0 Å². The maximum Gasteiger partial charge on any atom is 0.164 e. The monoisotopic (exact) mass is 881 g/mol. The summed E-state index contributed by atoms with van der Waals surface area (Å²) in [5, 5.41) is 2.44. The van der Waals surface area contributed by atoms with Crippen molar-refractivity contribution in [1.82, 2.24) is 34.5 Å². The van der Waals surface area contributed by atoms with Crippen LogP contribution >= 0.6 is 0 Å². The fourth-order valence-electron chi connectivity index (χ4n) is 10.8. The van der Waals surface area contributed by atoms with Crippen molar-refractivity contribution in [2.45, 2.75) is 11.8 Å². The van der Waals surface area contributed by atoms with Gasteiger partial charge in [-0.15, -0.1) is 0 Å². The van der Waals surface area contributed by atoms with Crippen LogP contribution in [0.15, 0.2) is 224 Å². The number of para-hydroxylation sites is 2. The summed E-state index contributed by atoms with van der Waals surface area (Å²) in [6.45, 7) is 0. The first-order chi connectivity index (χ1) is 34.2. The summed E-state index contributed by atoms with van der Waals surface area (Å²) >= 11 is 0. The molecule has 2 bridgehead atoms. The quantitative estimate of drug-likeness (QED) is 0.159. The van der Waals surface area contributed by atoms with Crippen molar-refractivity contribution in [1.29, 1.82) is 0 Å². The van der Waals surface area contributed by atoms with E-state index >= 15 is 0 Å². The Labute approximate surface area is 398 Å². The van der Waals surface area contributed by atoms with Crippen molar-refractivity contribution in [3.05, 3.63) is 258 Å². The minimum absolute atomic E-state index is 0.0149. The van der Waals surface area contributed by atoms with Crippen LogP contribution < -0.4 is 0 Å². The van der Waals surface area contributed by atoms with Crippen molar-refractivity contribution in [2.75, 3.05) is 0 Å². The third-order valence-electron chi connectivity index (χ3n) is 13.9. The number of hydrogen-bond donors (Lipinski definition) is 0. The van der Waals surface area contributed by atoms with Crippen LogP contribution in [0.3, 0.4) is 0 Å². The Morgan fingerprint density at radius 1 is 0.246 bits per heavy atom. The minimum atomic E-state index is 0.0149. The van der Waals surface area contributed by atoms with Gasteiger partial charge in [0, 0.05) is 61.7 Å². The van der Waals surface area contributed by atoms with Crippen LogP contribution in [-0.4, -0.2) is 34.5 Å². The second kappa shape index (κ2) is 15.7. The fourth-order valence-corrected chi connectivity index (χ4v) is 10.8. The molecule has 322 valence electrons. The van der Waals surface area contributed by atoms with E-state index < -0.39 is 0 Å². The van der Waals surface area contributed by atoms with Gasteiger partial charge in [-0.05, 0) is 69.8 Å². The Bertz CT molecular complexity index is 3870. The Balaban J connectivity index is 0.891. The standard InChI is InChI=1S/C62H39N7/c1-4-17-38(18-5-1)57-63-58(39-19-6-2-7-20-39)66-61(65-57)42-31-33-49-51(36-42)55-47-27-10-11-28-48(47)56(49)52-37-43(32-34-50(52)55)62-67-59(40-21-8-3-9-22-40)64-60(68-62)41-23-16-24-44(35-41)69-53-29-14-12-25-45(53)46-26-13-15-30-54(46)69/h1-37,55-56H. The Morgan fingerprint density at radius 2 is 0.580 bits per heavy atom. The van der Waals surface area contributed by atoms with Crippen LogP contribution in [0.1, 0.15) is 45.2 Å². The number of aromatic nitrogens is 7. The van der Waals surface area contributed by atoms with Crippen LogP contribution in [-0.2, 0) is 0 Å². The molecule has 3 aromatic heterocycles. The molecule has 7 nitrogen and oxygen atoms in total. The van der Waals surface area contributed by atoms with Crippen molar-refractivity contribution in [2.24, 2.45) is 0 Å². The summed E-state index contributed by atoms with van der Waals surface area (Å²) < 4.78 is 2.33. The van der Waals surface area contributed by atoms with Gasteiger partial charge in [-0.25, -0.2) is 29.9 Å². The summed E-state index contributed by atoms with van der Waals surface area (Å²) in [5.41, 5.74) is 16.8. The van der Waals surface area contributed by atoms with Crippen molar-refractivity contribution >= 4 is 21.8 Å². The molecule has 0 spiro atoms. The SMILES string of the molecule is c1ccc(-c2nc(-c3ccccc3)nc(-c3ccc4c(c3)C3c5ccccc5C4c4cc(-c5nc(-c6ccccc6)nc(-c6cccc(-n7c8ccccc8c8ccccc87)c6)n5)ccc43)n2)cc1. The van der Waals surface area contributed by atoms with Gasteiger partial charge < -0.3 is 4.57 Å². The summed E-state index contributed by atoms with van der Waals surface area (Å²) in [5.74, 6) is 3.86. The second-order valence-corrected chi connectivity index (χ2v) is 17.8. The molecule has 2 atom stereocenters. The summed E-state index contributed by atoms with van der Waals surface area (Å²) in [7, 11) is 0. The molecule has 0 saturated carbocycles. The third kappa shape index (κ3) is 6.43. The van der Waals surface area contributed by atoms with Gasteiger partial charge in [0.25, 0.3) is 0 Å². The summed E-state index contributed by atoms with van der Waals surface area (Å²) in [6, 6.07) is 78.8. The molecule has 3 heterocycles. The Morgan fingerprint density at radius 3 is 1.01 bits per heavy atom. The molecule has 0 fully saturated rings. The minimum Gasteiger partial charge on any atom is -0.309 e. The van der Waals surface area contributed by atoms with E-state index in [9.17, 15) is 0 Å². The highest BCUT2D eigenvalue weighted by Crippen LogP contribution is 2.56. The summed E-state index contributed by atoms with van der Waals surface area (Å²) in [6.07, 6.45) is 0. The first kappa shape index (κ1) is 39.0. The molecule has 69 heavy (non-hydrogen) atoms. The van der Waals surface area contributed by atoms with Gasteiger partial charge in [-0.3, -0.25) is 0 Å². The van der Waals surface area contributed by atoms with Gasteiger partial charge >= 0.3 is 0 Å². The number of fused-ring (bicyclic) bond motifs is 3. The number of nitrogens with zero attached hydrogens (tertiary/aromatic N) is 7. The number of hydrogen-bond acceptors (Lipinski definition) is 6. The largest absolute Gasteiger partial charge is 0.309 e. The first-order valence-electron chi connectivity index (χ1n) is 23.3. The van der Waals surface area contributed by atoms with Gasteiger partial charge in [0.1, 0.15) is 0 Å². The third-order valence-corrected chi connectivity index (χ3v) is 13.9. The molecule has 7 heteroatoms. The normalized spacial score (nSPS) is 14.4. The molecule has 2 unspecified atom stereocenters. The molecule has 15 rings (SSSR count). The first-order valence-corrected chi connectivity index (χ1v) is 23.3. The van der Waals surface area contributed by atoms with Crippen LogP contribution in [0.2, 0.25) is 0 Å². The maximum atomic E-state index is 5.30. The zero-order valence-corrected chi connectivity index (χ0v) is 37.1. The molecule has 3 aliphatic rings. The van der Waals surface area contributed by atoms with Crippen LogP contribution in [0.4, 0.5) is 0 Å². The predicted octanol–water partition coefficient (Wildman–Crippen LogP) is 14.1. The predicted molar refractivity (Wildman–Crippen MR) is 275 cm³/mol. The van der Waals surface area contributed by atoms with E-state index in [2.05, 4.69) is 150 Å². The van der Waals surface area contributed by atoms with E-state index in [1.807, 2.05) is 78.9 Å². The lowest BCUT2D eigenvalue weighted by Gasteiger charge is -2.42. The van der Waals surface area contributed by atoms with Crippen molar-refractivity contribution in [3.63, 3.8) is 0 Å². The zero-order chi connectivity index (χ0) is 45.4. The highest BCUT2D eigenvalue weighted by molar-refractivity contribution is 6.09. The molecule has 9 aromatic carbocycles. The summed E-state index contributed by atoms with van der Waals surface area (Å²) in [4.78, 5) is 30.8. The zero-order valence-electron chi connectivity index (χ0n) is 37.1. The van der Waals surface area contributed by atoms with Crippen molar-refractivity contribution in [3.8, 4) is 74.0 Å². The highest BCUT2D eigenvalue weighted by atomic mass is 15.0. The van der Waals surface area contributed by atoms with E-state index in [4.69, 9.17) is 29.9 Å². The van der Waals surface area contributed by atoms with Gasteiger partial charge in [-0.2, -0.15) is 0 Å². The van der Waals surface area contributed by atoms with E-state index in [1.165, 1.54) is 44.2 Å². The molecule has 3 aliphatic carbocycles. The van der Waals surface area contributed by atoms with Gasteiger partial charge in [-0.1, -0.05) is 188 Å². The fraction of sp³-hybridized carbons (Fsp3) is 0.0323. The smallest absolute Gasteiger partial charge is 0.164 e. The number of benzene rings is 9. The average Bonchev–Trinajstić information content (AvgIpc) is 3.77. The van der Waals surface area contributed by atoms with E-state index in [1.54, 1.807) is 0 Å². The molecule has 0 saturated heterocycles. The highest BCUT2D eigenvalue weighted by Gasteiger charge is 2.41. The van der Waals surface area contributed by atoms with E-state index in [0.29, 0.717) is 34.9 Å². The van der Waals surface area contributed by atoms with Gasteiger partial charge in [0.2, 0.25) is 0 Å². The lowest BCUT2D eigenvalue weighted by Crippen LogP contribution is -2.27.